The van der Waals surface area contributed by atoms with Crippen LogP contribution in [0.5, 0.6) is 5.75 Å². The molecule has 0 bridgehead atoms. The van der Waals surface area contributed by atoms with Crippen LogP contribution < -0.4 is 17.1 Å². The molecule has 0 saturated carbocycles. The monoisotopic (exact) mass is 308 g/mol. The van der Waals surface area contributed by atoms with Gasteiger partial charge in [0, 0.05) is 24.9 Å². The number of Topliss-reactive ketones (excluding diaryl/α,β-unsaturated/α-hetero) is 1. The van der Waals surface area contributed by atoms with E-state index in [9.17, 15) is 4.79 Å². The molecule has 1 aromatic carbocycles. The summed E-state index contributed by atoms with van der Waals surface area (Å²) in [6.45, 7) is 5.28. The molecule has 0 N–H and O–H groups in total. The van der Waals surface area contributed by atoms with Gasteiger partial charge in [0.25, 0.3) is 0 Å². The lowest BCUT2D eigenvalue weighted by Crippen LogP contribution is -3.00. The lowest BCUT2D eigenvalue weighted by Gasteiger charge is -2.25. The average molecular weight is 309 g/mol. The number of ether oxygens (including phenoxy) is 1. The van der Waals surface area contributed by atoms with Crippen molar-refractivity contribution in [3.8, 4) is 5.75 Å². The van der Waals surface area contributed by atoms with Crippen LogP contribution in [-0.2, 0) is 6.42 Å². The van der Waals surface area contributed by atoms with Crippen molar-refractivity contribution in [1.82, 2.24) is 4.90 Å². The highest BCUT2D eigenvalue weighted by Crippen LogP contribution is 2.29. The molecule has 2 heterocycles. The molecule has 0 amide bonds. The molecule has 116 valence electrons. The van der Waals surface area contributed by atoms with Gasteiger partial charge in [0.15, 0.2) is 5.78 Å². The Hall–Kier alpha value is -1.06. The Morgan fingerprint density at radius 1 is 1.29 bits per heavy atom. The molecule has 0 spiro atoms. The molecular formula is C17H23ClNO2-. The largest absolute Gasteiger partial charge is 1.00 e. The number of nitrogens with zero attached hydrogens (tertiary/aromatic N) is 1. The molecule has 1 aromatic rings. The number of carbonyl (C=O) groups is 1. The molecule has 0 aromatic heterocycles. The van der Waals surface area contributed by atoms with Crippen molar-refractivity contribution in [2.24, 2.45) is 0 Å². The van der Waals surface area contributed by atoms with Gasteiger partial charge in [-0.2, -0.15) is 0 Å². The van der Waals surface area contributed by atoms with Gasteiger partial charge < -0.3 is 22.0 Å². The first kappa shape index (κ1) is 16.3. The normalized spacial score (nSPS) is 21.3. The molecule has 0 aliphatic carbocycles. The summed E-state index contributed by atoms with van der Waals surface area (Å²) < 4.78 is 5.68. The van der Waals surface area contributed by atoms with E-state index in [-0.39, 0.29) is 24.3 Å². The first-order valence-electron chi connectivity index (χ1n) is 7.77. The third-order valence-corrected chi connectivity index (χ3v) is 4.32. The number of hydrogen-bond acceptors (Lipinski definition) is 3. The van der Waals surface area contributed by atoms with Gasteiger partial charge in [0.2, 0.25) is 0 Å². The summed E-state index contributed by atoms with van der Waals surface area (Å²) in [5.41, 5.74) is 2.03. The minimum atomic E-state index is 0. The van der Waals surface area contributed by atoms with Crippen LogP contribution >= 0.6 is 0 Å². The average Bonchev–Trinajstić information content (AvgIpc) is 2.85. The van der Waals surface area contributed by atoms with E-state index in [1.807, 2.05) is 18.2 Å². The van der Waals surface area contributed by atoms with Crippen molar-refractivity contribution in [2.45, 2.75) is 45.1 Å². The Kier molecular flexibility index (Phi) is 5.65. The first-order valence-corrected chi connectivity index (χ1v) is 7.77. The minimum absolute atomic E-state index is 0. The SMILES string of the molecule is CC1Cc2cc(C(=O)CCN3CCCCC3)ccc2O1.[Cl-]. The summed E-state index contributed by atoms with van der Waals surface area (Å²) in [7, 11) is 0. The van der Waals surface area contributed by atoms with Gasteiger partial charge in [-0.1, -0.05) is 6.42 Å². The summed E-state index contributed by atoms with van der Waals surface area (Å²) in [4.78, 5) is 14.7. The van der Waals surface area contributed by atoms with Crippen LogP contribution in [0.1, 0.15) is 48.5 Å². The predicted octanol–water partition coefficient (Wildman–Crippen LogP) is 0.0727. The van der Waals surface area contributed by atoms with Crippen molar-refractivity contribution in [3.63, 3.8) is 0 Å². The lowest BCUT2D eigenvalue weighted by atomic mass is 10.0. The zero-order valence-corrected chi connectivity index (χ0v) is 13.4. The Bertz CT molecular complexity index is 498. The van der Waals surface area contributed by atoms with Crippen molar-refractivity contribution < 1.29 is 21.9 Å². The van der Waals surface area contributed by atoms with Crippen LogP contribution in [0.15, 0.2) is 18.2 Å². The smallest absolute Gasteiger partial charge is 0.164 e. The number of likely N-dealkylation sites (tertiary alicyclic amines) is 1. The van der Waals surface area contributed by atoms with E-state index in [1.165, 1.54) is 24.8 Å². The number of carbonyl (C=O) groups excluding carboxylic acids is 1. The van der Waals surface area contributed by atoms with Gasteiger partial charge in [-0.3, -0.25) is 4.79 Å². The standard InChI is InChI=1S/C17H23NO2.ClH/c1-13-11-15-12-14(5-6-17(15)20-13)16(19)7-10-18-8-3-2-4-9-18;/h5-6,12-13H,2-4,7-11H2,1H3;1H/p-1. The van der Waals surface area contributed by atoms with E-state index in [4.69, 9.17) is 4.74 Å². The third kappa shape index (κ3) is 3.98. The van der Waals surface area contributed by atoms with Crippen LogP contribution in [0.25, 0.3) is 0 Å². The highest BCUT2D eigenvalue weighted by molar-refractivity contribution is 5.96. The molecular weight excluding hydrogens is 286 g/mol. The van der Waals surface area contributed by atoms with Gasteiger partial charge in [-0.05, 0) is 56.6 Å². The van der Waals surface area contributed by atoms with Gasteiger partial charge in [-0.25, -0.2) is 0 Å². The van der Waals surface area contributed by atoms with Crippen molar-refractivity contribution in [3.05, 3.63) is 29.3 Å². The second-order valence-corrected chi connectivity index (χ2v) is 6.03. The number of hydrogen-bond donors (Lipinski definition) is 0. The zero-order valence-electron chi connectivity index (χ0n) is 12.6. The van der Waals surface area contributed by atoms with E-state index in [0.717, 1.165) is 37.4 Å². The minimum Gasteiger partial charge on any atom is -1.00 e. The third-order valence-electron chi connectivity index (χ3n) is 4.32. The molecule has 21 heavy (non-hydrogen) atoms. The molecule has 1 unspecified atom stereocenters. The van der Waals surface area contributed by atoms with Gasteiger partial charge >= 0.3 is 0 Å². The Morgan fingerprint density at radius 3 is 2.81 bits per heavy atom. The van der Waals surface area contributed by atoms with Gasteiger partial charge in [-0.15, -0.1) is 0 Å². The number of fused-ring (bicyclic) bond motifs is 1. The van der Waals surface area contributed by atoms with E-state index in [1.54, 1.807) is 0 Å². The topological polar surface area (TPSA) is 29.5 Å². The number of piperidine rings is 1. The number of halogens is 1. The molecule has 2 aliphatic heterocycles. The summed E-state index contributed by atoms with van der Waals surface area (Å²) in [5.74, 6) is 1.21. The maximum absolute atomic E-state index is 12.3. The fraction of sp³-hybridized carbons (Fsp3) is 0.588. The van der Waals surface area contributed by atoms with Crippen LogP contribution in [-0.4, -0.2) is 36.4 Å². The van der Waals surface area contributed by atoms with Crippen LogP contribution in [0.2, 0.25) is 0 Å². The molecule has 0 radical (unpaired) electrons. The van der Waals surface area contributed by atoms with Gasteiger partial charge in [0.1, 0.15) is 11.9 Å². The van der Waals surface area contributed by atoms with Crippen LogP contribution in [0.3, 0.4) is 0 Å². The molecule has 3 nitrogen and oxygen atoms in total. The Labute approximate surface area is 133 Å². The van der Waals surface area contributed by atoms with Crippen molar-refractivity contribution >= 4 is 5.78 Å². The molecule has 4 heteroatoms. The van der Waals surface area contributed by atoms with E-state index < -0.39 is 0 Å². The van der Waals surface area contributed by atoms with Crippen LogP contribution in [0.4, 0.5) is 0 Å². The number of ketones is 1. The number of benzene rings is 1. The maximum Gasteiger partial charge on any atom is 0.164 e. The van der Waals surface area contributed by atoms with E-state index in [2.05, 4.69) is 11.8 Å². The fourth-order valence-corrected chi connectivity index (χ4v) is 3.18. The lowest BCUT2D eigenvalue weighted by molar-refractivity contribution is -0.0000132. The fourth-order valence-electron chi connectivity index (χ4n) is 3.18. The molecule has 1 atom stereocenters. The Morgan fingerprint density at radius 2 is 2.05 bits per heavy atom. The first-order chi connectivity index (χ1) is 9.72. The highest BCUT2D eigenvalue weighted by atomic mass is 35.5. The second-order valence-electron chi connectivity index (χ2n) is 6.03. The van der Waals surface area contributed by atoms with E-state index >= 15 is 0 Å². The maximum atomic E-state index is 12.3. The quantitative estimate of drug-likeness (QED) is 0.738. The summed E-state index contributed by atoms with van der Waals surface area (Å²) in [5, 5.41) is 0. The summed E-state index contributed by atoms with van der Waals surface area (Å²) in [6.07, 6.45) is 5.69. The molecule has 1 saturated heterocycles. The number of rotatable bonds is 4. The Balaban J connectivity index is 0.00000161. The summed E-state index contributed by atoms with van der Waals surface area (Å²) >= 11 is 0. The molecule has 2 aliphatic rings. The molecule has 3 rings (SSSR count). The van der Waals surface area contributed by atoms with Crippen molar-refractivity contribution in [1.29, 1.82) is 0 Å². The van der Waals surface area contributed by atoms with Crippen LogP contribution in [0, 0.1) is 0 Å². The van der Waals surface area contributed by atoms with Crippen molar-refractivity contribution in [2.75, 3.05) is 19.6 Å². The van der Waals surface area contributed by atoms with E-state index in [0.29, 0.717) is 6.42 Å². The second kappa shape index (κ2) is 7.28. The predicted molar refractivity (Wildman–Crippen MR) is 79.5 cm³/mol. The molecule has 1 fully saturated rings. The zero-order chi connectivity index (χ0) is 13.9. The van der Waals surface area contributed by atoms with Gasteiger partial charge in [0.05, 0.1) is 0 Å². The highest BCUT2D eigenvalue weighted by Gasteiger charge is 2.20. The summed E-state index contributed by atoms with van der Waals surface area (Å²) in [6, 6.07) is 5.89.